The van der Waals surface area contributed by atoms with E-state index < -0.39 is 0 Å². The molecule has 0 N–H and O–H groups in total. The number of unbranched alkanes of at least 4 members (excludes halogenated alkanes) is 9. The summed E-state index contributed by atoms with van der Waals surface area (Å²) in [6.07, 6.45) is 13.6. The number of benzene rings is 3. The molecule has 0 amide bonds. The second-order valence-corrected chi connectivity index (χ2v) is 9.55. The zero-order valence-electron chi connectivity index (χ0n) is 20.8. The minimum absolute atomic E-state index is 0.137. The predicted octanol–water partition coefficient (Wildman–Crippen LogP) is 9.14. The molecule has 0 atom stereocenters. The van der Waals surface area contributed by atoms with Gasteiger partial charge in [0, 0.05) is 6.54 Å². The molecule has 0 bridgehead atoms. The first-order chi connectivity index (χ1) is 16.9. The molecule has 0 aliphatic rings. The lowest BCUT2D eigenvalue weighted by Crippen LogP contribution is -2.12. The Hall–Kier alpha value is -2.87. The summed E-state index contributed by atoms with van der Waals surface area (Å²) in [5.74, 6) is 1.30. The molecule has 0 aliphatic carbocycles. The number of hydrogen-bond acceptors (Lipinski definition) is 1. The molecule has 1 aromatic heterocycles. The van der Waals surface area contributed by atoms with Crippen molar-refractivity contribution >= 4 is 11.0 Å². The van der Waals surface area contributed by atoms with Gasteiger partial charge in [-0.15, -0.1) is 0 Å². The number of para-hydroxylation sites is 2. The molecule has 4 rings (SSSR count). The Balaban J connectivity index is 1.48. The number of aromatic nitrogens is 2. The largest absolute Gasteiger partial charge is 0.327 e. The van der Waals surface area contributed by atoms with Gasteiger partial charge in [0.2, 0.25) is 0 Å². The number of rotatable bonds is 14. The quantitative estimate of drug-likeness (QED) is 0.174. The standard InChI is InChI=1S/C32H40N2/c1-2-3-4-5-6-7-8-9-10-19-26-34-30-25-18-17-24-29(30)33-32(34)31(27-20-13-11-14-21-27)28-22-15-12-16-23-28/h11-18,20-25,31H,2-10,19,26H2,1H3. The maximum absolute atomic E-state index is 5.19. The third-order valence-electron chi connectivity index (χ3n) is 6.94. The molecule has 0 spiro atoms. The van der Waals surface area contributed by atoms with E-state index in [0.717, 1.165) is 17.9 Å². The monoisotopic (exact) mass is 452 g/mol. The lowest BCUT2D eigenvalue weighted by atomic mass is 9.90. The minimum Gasteiger partial charge on any atom is -0.327 e. The van der Waals surface area contributed by atoms with Gasteiger partial charge in [-0.3, -0.25) is 0 Å². The van der Waals surface area contributed by atoms with Crippen molar-refractivity contribution < 1.29 is 0 Å². The van der Waals surface area contributed by atoms with E-state index in [9.17, 15) is 0 Å². The summed E-state index contributed by atoms with van der Waals surface area (Å²) in [5, 5.41) is 0. The highest BCUT2D eigenvalue weighted by molar-refractivity contribution is 5.76. The van der Waals surface area contributed by atoms with Crippen LogP contribution in [-0.2, 0) is 6.54 Å². The number of hydrogen-bond donors (Lipinski definition) is 0. The van der Waals surface area contributed by atoms with Crippen LogP contribution in [0.1, 0.15) is 94.0 Å². The molecule has 0 fully saturated rings. The SMILES string of the molecule is CCCCCCCCCCCCn1c(C(c2ccccc2)c2ccccc2)nc2ccccc21. The lowest BCUT2D eigenvalue weighted by molar-refractivity contribution is 0.531. The summed E-state index contributed by atoms with van der Waals surface area (Å²) < 4.78 is 2.49. The second kappa shape index (κ2) is 13.1. The van der Waals surface area contributed by atoms with E-state index in [1.807, 2.05) is 0 Å². The fraction of sp³-hybridized carbons (Fsp3) is 0.406. The average molecular weight is 453 g/mol. The van der Waals surface area contributed by atoms with Crippen LogP contribution in [0.4, 0.5) is 0 Å². The van der Waals surface area contributed by atoms with E-state index in [-0.39, 0.29) is 5.92 Å². The Labute approximate surface area is 206 Å². The molecule has 2 nitrogen and oxygen atoms in total. The third-order valence-corrected chi connectivity index (χ3v) is 6.94. The lowest BCUT2D eigenvalue weighted by Gasteiger charge is -2.20. The molecule has 34 heavy (non-hydrogen) atoms. The first kappa shape index (κ1) is 24.3. The highest BCUT2D eigenvalue weighted by atomic mass is 15.1. The van der Waals surface area contributed by atoms with Gasteiger partial charge in [0.05, 0.1) is 17.0 Å². The topological polar surface area (TPSA) is 17.8 Å². The molecule has 1 heterocycles. The first-order valence-corrected chi connectivity index (χ1v) is 13.4. The fourth-order valence-electron chi connectivity index (χ4n) is 5.09. The average Bonchev–Trinajstić information content (AvgIpc) is 3.24. The fourth-order valence-corrected chi connectivity index (χ4v) is 5.09. The summed E-state index contributed by atoms with van der Waals surface area (Å²) >= 11 is 0. The van der Waals surface area contributed by atoms with E-state index in [4.69, 9.17) is 4.98 Å². The molecule has 178 valence electrons. The summed E-state index contributed by atoms with van der Waals surface area (Å²) in [4.78, 5) is 5.19. The van der Waals surface area contributed by atoms with Crippen LogP contribution < -0.4 is 0 Å². The van der Waals surface area contributed by atoms with Crippen LogP contribution in [0.5, 0.6) is 0 Å². The highest BCUT2D eigenvalue weighted by Crippen LogP contribution is 2.33. The number of fused-ring (bicyclic) bond motifs is 1. The van der Waals surface area contributed by atoms with Gasteiger partial charge in [0.15, 0.2) is 0 Å². The van der Waals surface area contributed by atoms with Crippen LogP contribution in [-0.4, -0.2) is 9.55 Å². The maximum Gasteiger partial charge on any atom is 0.121 e. The van der Waals surface area contributed by atoms with Crippen LogP contribution in [0.2, 0.25) is 0 Å². The normalized spacial score (nSPS) is 11.5. The smallest absolute Gasteiger partial charge is 0.121 e. The molecule has 3 aromatic carbocycles. The Morgan fingerprint density at radius 1 is 0.588 bits per heavy atom. The molecular formula is C32H40N2. The van der Waals surface area contributed by atoms with Crippen LogP contribution in [0, 0.1) is 0 Å². The van der Waals surface area contributed by atoms with Crippen LogP contribution >= 0.6 is 0 Å². The van der Waals surface area contributed by atoms with E-state index in [0.29, 0.717) is 0 Å². The number of nitrogens with zero attached hydrogens (tertiary/aromatic N) is 2. The van der Waals surface area contributed by atoms with Crippen molar-refractivity contribution in [2.75, 3.05) is 0 Å². The minimum atomic E-state index is 0.137. The molecule has 0 saturated heterocycles. The Morgan fingerprint density at radius 3 is 1.68 bits per heavy atom. The number of imidazole rings is 1. The summed E-state index contributed by atoms with van der Waals surface area (Å²) in [5.41, 5.74) is 4.95. The van der Waals surface area contributed by atoms with Crippen LogP contribution in [0.15, 0.2) is 84.9 Å². The molecule has 0 saturated carbocycles. The highest BCUT2D eigenvalue weighted by Gasteiger charge is 2.23. The van der Waals surface area contributed by atoms with E-state index in [1.54, 1.807) is 0 Å². The van der Waals surface area contributed by atoms with Crippen molar-refractivity contribution in [3.05, 3.63) is 102 Å². The Morgan fingerprint density at radius 2 is 1.09 bits per heavy atom. The van der Waals surface area contributed by atoms with E-state index >= 15 is 0 Å². The summed E-state index contributed by atoms with van der Waals surface area (Å²) in [6.45, 7) is 3.32. The van der Waals surface area contributed by atoms with Crippen molar-refractivity contribution in [2.24, 2.45) is 0 Å². The zero-order valence-corrected chi connectivity index (χ0v) is 20.8. The van der Waals surface area contributed by atoms with Crippen LogP contribution in [0.3, 0.4) is 0 Å². The van der Waals surface area contributed by atoms with Gasteiger partial charge < -0.3 is 4.57 Å². The van der Waals surface area contributed by atoms with Crippen molar-refractivity contribution in [1.29, 1.82) is 0 Å². The maximum atomic E-state index is 5.19. The zero-order chi connectivity index (χ0) is 23.4. The van der Waals surface area contributed by atoms with E-state index in [1.165, 1.54) is 80.9 Å². The van der Waals surface area contributed by atoms with Gasteiger partial charge in [-0.05, 0) is 29.7 Å². The number of aryl methyl sites for hydroxylation is 1. The summed E-state index contributed by atoms with van der Waals surface area (Å²) in [6, 6.07) is 30.3. The Kier molecular flexibility index (Phi) is 9.37. The van der Waals surface area contributed by atoms with Crippen molar-refractivity contribution in [2.45, 2.75) is 83.6 Å². The molecule has 0 unspecified atom stereocenters. The molecule has 2 heteroatoms. The summed E-state index contributed by atoms with van der Waals surface area (Å²) in [7, 11) is 0. The molecule has 0 aliphatic heterocycles. The van der Waals surface area contributed by atoms with Gasteiger partial charge in [0.1, 0.15) is 5.82 Å². The van der Waals surface area contributed by atoms with Gasteiger partial charge in [-0.25, -0.2) is 4.98 Å². The van der Waals surface area contributed by atoms with Gasteiger partial charge in [-0.1, -0.05) is 138 Å². The van der Waals surface area contributed by atoms with E-state index in [2.05, 4.69) is 96.4 Å². The first-order valence-electron chi connectivity index (χ1n) is 13.4. The van der Waals surface area contributed by atoms with Gasteiger partial charge >= 0.3 is 0 Å². The predicted molar refractivity (Wildman–Crippen MR) is 145 cm³/mol. The van der Waals surface area contributed by atoms with Crippen molar-refractivity contribution in [1.82, 2.24) is 9.55 Å². The molecular weight excluding hydrogens is 412 g/mol. The van der Waals surface area contributed by atoms with Gasteiger partial charge in [-0.2, -0.15) is 0 Å². The third kappa shape index (κ3) is 6.38. The molecule has 0 radical (unpaired) electrons. The van der Waals surface area contributed by atoms with Crippen molar-refractivity contribution in [3.63, 3.8) is 0 Å². The molecule has 4 aromatic rings. The van der Waals surface area contributed by atoms with Crippen LogP contribution in [0.25, 0.3) is 11.0 Å². The van der Waals surface area contributed by atoms with Crippen molar-refractivity contribution in [3.8, 4) is 0 Å². The van der Waals surface area contributed by atoms with Gasteiger partial charge in [0.25, 0.3) is 0 Å². The second-order valence-electron chi connectivity index (χ2n) is 9.55. The Bertz CT molecular complexity index is 1060.